The molecule has 0 saturated carbocycles. The van der Waals surface area contributed by atoms with Crippen molar-refractivity contribution in [2.45, 2.75) is 19.4 Å². The number of hydrogen-bond acceptors (Lipinski definition) is 4. The van der Waals surface area contributed by atoms with Gasteiger partial charge in [0.1, 0.15) is 5.75 Å². The van der Waals surface area contributed by atoms with Crippen molar-refractivity contribution in [3.8, 4) is 5.75 Å². The molecule has 0 fully saturated rings. The second-order valence-electron chi connectivity index (χ2n) is 3.70. The number of hydrogen-bond donors (Lipinski definition) is 1. The fourth-order valence-electron chi connectivity index (χ4n) is 1.30. The first kappa shape index (κ1) is 11.5. The molecule has 82 valence electrons. The summed E-state index contributed by atoms with van der Waals surface area (Å²) in [6, 6.07) is 4.14. The third-order valence-corrected chi connectivity index (χ3v) is 2.06. The number of methoxy groups -OCH3 is 1. The summed E-state index contributed by atoms with van der Waals surface area (Å²) in [7, 11) is 1.41. The maximum atomic E-state index is 10.5. The molecule has 1 rings (SSSR count). The van der Waals surface area contributed by atoms with Crippen LogP contribution < -0.4 is 4.74 Å². The summed E-state index contributed by atoms with van der Waals surface area (Å²) in [4.78, 5) is 10.0. The zero-order valence-corrected chi connectivity index (χ0v) is 8.85. The minimum atomic E-state index is -1.08. The van der Waals surface area contributed by atoms with E-state index in [1.165, 1.54) is 25.3 Å². The van der Waals surface area contributed by atoms with Crippen LogP contribution in [0.15, 0.2) is 18.2 Å². The Hall–Kier alpha value is -1.62. The lowest BCUT2D eigenvalue weighted by atomic mass is 9.97. The molecule has 0 unspecified atom stereocenters. The SMILES string of the molecule is COc1cc([N+](=O)[O-])ccc1C(C)(C)O. The van der Waals surface area contributed by atoms with Gasteiger partial charge in [-0.15, -0.1) is 0 Å². The van der Waals surface area contributed by atoms with Crippen molar-refractivity contribution in [1.82, 2.24) is 0 Å². The van der Waals surface area contributed by atoms with Gasteiger partial charge in [-0.3, -0.25) is 10.1 Å². The zero-order valence-electron chi connectivity index (χ0n) is 8.85. The molecule has 0 heterocycles. The van der Waals surface area contributed by atoms with Crippen molar-refractivity contribution >= 4 is 5.69 Å². The molecule has 5 nitrogen and oxygen atoms in total. The highest BCUT2D eigenvalue weighted by molar-refractivity contribution is 5.46. The van der Waals surface area contributed by atoms with Gasteiger partial charge in [0.2, 0.25) is 0 Å². The summed E-state index contributed by atoms with van der Waals surface area (Å²) in [5.74, 6) is 0.316. The number of nitrogens with zero attached hydrogens (tertiary/aromatic N) is 1. The predicted molar refractivity (Wildman–Crippen MR) is 54.9 cm³/mol. The van der Waals surface area contributed by atoms with Gasteiger partial charge in [-0.1, -0.05) is 0 Å². The van der Waals surface area contributed by atoms with Gasteiger partial charge >= 0.3 is 0 Å². The maximum absolute atomic E-state index is 10.5. The van der Waals surface area contributed by atoms with Crippen LogP contribution in [0.3, 0.4) is 0 Å². The van der Waals surface area contributed by atoms with Gasteiger partial charge in [0.05, 0.1) is 23.7 Å². The molecule has 0 bridgehead atoms. The first-order chi connectivity index (χ1) is 6.86. The predicted octanol–water partition coefficient (Wildman–Crippen LogP) is 1.83. The Labute approximate surface area is 87.5 Å². The van der Waals surface area contributed by atoms with Crippen LogP contribution in [0.1, 0.15) is 19.4 Å². The number of nitro groups is 1. The standard InChI is InChI=1S/C10H13NO4/c1-10(2,12)8-5-4-7(11(13)14)6-9(8)15-3/h4-6,12H,1-3H3. The average Bonchev–Trinajstić information content (AvgIpc) is 2.15. The highest BCUT2D eigenvalue weighted by Crippen LogP contribution is 2.32. The van der Waals surface area contributed by atoms with Crippen LogP contribution in [0, 0.1) is 10.1 Å². The van der Waals surface area contributed by atoms with E-state index >= 15 is 0 Å². The van der Waals surface area contributed by atoms with E-state index in [1.807, 2.05) is 0 Å². The summed E-state index contributed by atoms with van der Waals surface area (Å²) in [5.41, 5.74) is -0.615. The smallest absolute Gasteiger partial charge is 0.273 e. The molecule has 1 aromatic rings. The molecular weight excluding hydrogens is 198 g/mol. The largest absolute Gasteiger partial charge is 0.496 e. The van der Waals surface area contributed by atoms with Gasteiger partial charge in [0.15, 0.2) is 0 Å². The number of non-ortho nitro benzene ring substituents is 1. The normalized spacial score (nSPS) is 11.2. The molecule has 0 aliphatic rings. The van der Waals surface area contributed by atoms with Crippen molar-refractivity contribution in [3.05, 3.63) is 33.9 Å². The number of nitro benzene ring substituents is 1. The first-order valence-corrected chi connectivity index (χ1v) is 4.41. The van der Waals surface area contributed by atoms with Gasteiger partial charge in [0.25, 0.3) is 5.69 Å². The quantitative estimate of drug-likeness (QED) is 0.611. The molecule has 5 heteroatoms. The van der Waals surface area contributed by atoms with E-state index < -0.39 is 10.5 Å². The molecular formula is C10H13NO4. The van der Waals surface area contributed by atoms with Gasteiger partial charge in [0, 0.05) is 11.6 Å². The molecule has 0 amide bonds. The van der Waals surface area contributed by atoms with E-state index in [1.54, 1.807) is 13.8 Å². The van der Waals surface area contributed by atoms with Crippen LogP contribution >= 0.6 is 0 Å². The number of ether oxygens (including phenoxy) is 1. The topological polar surface area (TPSA) is 72.6 Å². The van der Waals surface area contributed by atoms with Crippen molar-refractivity contribution in [2.24, 2.45) is 0 Å². The zero-order chi connectivity index (χ0) is 11.6. The van der Waals surface area contributed by atoms with Crippen LogP contribution in [0.5, 0.6) is 5.75 Å². The van der Waals surface area contributed by atoms with Gasteiger partial charge in [-0.25, -0.2) is 0 Å². The molecule has 0 spiro atoms. The average molecular weight is 211 g/mol. The molecule has 0 aliphatic carbocycles. The van der Waals surface area contributed by atoms with E-state index in [2.05, 4.69) is 0 Å². The molecule has 0 aromatic heterocycles. The Kier molecular flexibility index (Phi) is 2.95. The summed E-state index contributed by atoms with van der Waals surface area (Å²) in [6.45, 7) is 3.19. The maximum Gasteiger partial charge on any atom is 0.273 e. The van der Waals surface area contributed by atoms with E-state index in [9.17, 15) is 15.2 Å². The van der Waals surface area contributed by atoms with E-state index in [4.69, 9.17) is 4.74 Å². The molecule has 0 radical (unpaired) electrons. The first-order valence-electron chi connectivity index (χ1n) is 4.41. The Balaban J connectivity index is 3.27. The summed E-state index contributed by atoms with van der Waals surface area (Å²) in [6.07, 6.45) is 0. The lowest BCUT2D eigenvalue weighted by Crippen LogP contribution is -2.16. The minimum Gasteiger partial charge on any atom is -0.496 e. The highest BCUT2D eigenvalue weighted by atomic mass is 16.6. The van der Waals surface area contributed by atoms with Crippen LogP contribution in [-0.4, -0.2) is 17.1 Å². The summed E-state index contributed by atoms with van der Waals surface area (Å²) in [5, 5.41) is 20.3. The summed E-state index contributed by atoms with van der Waals surface area (Å²) < 4.78 is 5.00. The van der Waals surface area contributed by atoms with Gasteiger partial charge in [-0.05, 0) is 19.9 Å². The van der Waals surface area contributed by atoms with Crippen LogP contribution in [0.2, 0.25) is 0 Å². The van der Waals surface area contributed by atoms with Crippen molar-refractivity contribution in [1.29, 1.82) is 0 Å². The molecule has 1 aromatic carbocycles. The van der Waals surface area contributed by atoms with Crippen molar-refractivity contribution < 1.29 is 14.8 Å². The van der Waals surface area contributed by atoms with Crippen LogP contribution in [-0.2, 0) is 5.60 Å². The number of aliphatic hydroxyl groups is 1. The number of benzene rings is 1. The van der Waals surface area contributed by atoms with E-state index in [0.717, 1.165) is 0 Å². The lowest BCUT2D eigenvalue weighted by Gasteiger charge is -2.20. The third-order valence-electron chi connectivity index (χ3n) is 2.06. The number of rotatable bonds is 3. The molecule has 15 heavy (non-hydrogen) atoms. The van der Waals surface area contributed by atoms with Crippen molar-refractivity contribution in [3.63, 3.8) is 0 Å². The molecule has 0 atom stereocenters. The summed E-state index contributed by atoms with van der Waals surface area (Å²) >= 11 is 0. The molecule has 0 aliphatic heterocycles. The highest BCUT2D eigenvalue weighted by Gasteiger charge is 2.22. The van der Waals surface area contributed by atoms with E-state index in [0.29, 0.717) is 11.3 Å². The monoisotopic (exact) mass is 211 g/mol. The third kappa shape index (κ3) is 2.44. The Morgan fingerprint density at radius 3 is 2.47 bits per heavy atom. The Bertz CT molecular complexity index is 381. The Morgan fingerprint density at radius 2 is 2.07 bits per heavy atom. The minimum absolute atomic E-state index is 0.0557. The van der Waals surface area contributed by atoms with Crippen LogP contribution in [0.25, 0.3) is 0 Å². The fraction of sp³-hybridized carbons (Fsp3) is 0.400. The molecule has 1 N–H and O–H groups in total. The van der Waals surface area contributed by atoms with Gasteiger partial charge in [-0.2, -0.15) is 0 Å². The lowest BCUT2D eigenvalue weighted by molar-refractivity contribution is -0.385. The van der Waals surface area contributed by atoms with E-state index in [-0.39, 0.29) is 5.69 Å². The van der Waals surface area contributed by atoms with Gasteiger partial charge < -0.3 is 9.84 Å². The second kappa shape index (κ2) is 3.86. The van der Waals surface area contributed by atoms with Crippen LogP contribution in [0.4, 0.5) is 5.69 Å². The van der Waals surface area contributed by atoms with Crippen molar-refractivity contribution in [2.75, 3.05) is 7.11 Å². The fourth-order valence-corrected chi connectivity index (χ4v) is 1.30. The Morgan fingerprint density at radius 1 is 1.47 bits per heavy atom. The second-order valence-corrected chi connectivity index (χ2v) is 3.70. The molecule has 0 saturated heterocycles.